The quantitative estimate of drug-likeness (QED) is 0.848. The van der Waals surface area contributed by atoms with Gasteiger partial charge in [-0.25, -0.2) is 0 Å². The maximum Gasteiger partial charge on any atom is 0.237 e. The Bertz CT molecular complexity index is 635. The Balaban J connectivity index is 0.00000196. The Kier molecular flexibility index (Phi) is 6.20. The van der Waals surface area contributed by atoms with Crippen LogP contribution in [0.25, 0.3) is 0 Å². The summed E-state index contributed by atoms with van der Waals surface area (Å²) in [7, 11) is 0. The monoisotopic (exact) mass is 377 g/mol. The standard InChI is InChI=1S/C20H27N3O2.ClH/c24-19-6-3-11-23(19)16-9-7-14(8-10-16)13-21-20(25)18-12-15-4-1-2-5-17(15)22-18;/h7-10,15,17-18,22H,1-6,11-13H2,(H,21,25);1H. The third-order valence-electron chi connectivity index (χ3n) is 5.97. The topological polar surface area (TPSA) is 61.4 Å². The van der Waals surface area contributed by atoms with Crippen LogP contribution in [0.3, 0.4) is 0 Å². The number of anilines is 1. The van der Waals surface area contributed by atoms with E-state index in [1.165, 1.54) is 25.7 Å². The molecule has 1 saturated carbocycles. The lowest BCUT2D eigenvalue weighted by molar-refractivity contribution is -0.123. The summed E-state index contributed by atoms with van der Waals surface area (Å²) in [6.45, 7) is 1.35. The van der Waals surface area contributed by atoms with Crippen LogP contribution < -0.4 is 15.5 Å². The number of carbonyl (C=O) groups is 2. The third-order valence-corrected chi connectivity index (χ3v) is 5.97. The number of nitrogens with one attached hydrogen (secondary N) is 2. The molecule has 1 aliphatic carbocycles. The SMILES string of the molecule is Cl.O=C(NCc1ccc(N2CCCC2=O)cc1)C1CC2CCCCC2N1. The molecule has 2 amide bonds. The molecule has 1 aromatic rings. The zero-order chi connectivity index (χ0) is 17.2. The van der Waals surface area contributed by atoms with Crippen LogP contribution in [0.1, 0.15) is 50.5 Å². The van der Waals surface area contributed by atoms with Crippen molar-refractivity contribution >= 4 is 29.9 Å². The van der Waals surface area contributed by atoms with Crippen LogP contribution in [0.4, 0.5) is 5.69 Å². The summed E-state index contributed by atoms with van der Waals surface area (Å²) < 4.78 is 0. The summed E-state index contributed by atoms with van der Waals surface area (Å²) in [5, 5.41) is 6.59. The van der Waals surface area contributed by atoms with Crippen molar-refractivity contribution in [3.05, 3.63) is 29.8 Å². The van der Waals surface area contributed by atoms with Crippen LogP contribution >= 0.6 is 12.4 Å². The van der Waals surface area contributed by atoms with Crippen molar-refractivity contribution in [3.8, 4) is 0 Å². The van der Waals surface area contributed by atoms with E-state index in [4.69, 9.17) is 0 Å². The lowest BCUT2D eigenvalue weighted by atomic mass is 9.85. The second-order valence-electron chi connectivity index (χ2n) is 7.64. The maximum absolute atomic E-state index is 12.5. The summed E-state index contributed by atoms with van der Waals surface area (Å²) in [6, 6.07) is 8.48. The minimum Gasteiger partial charge on any atom is -0.351 e. The Morgan fingerprint density at radius 3 is 2.62 bits per heavy atom. The summed E-state index contributed by atoms with van der Waals surface area (Å²) in [5.41, 5.74) is 2.03. The lowest BCUT2D eigenvalue weighted by Gasteiger charge is -2.24. The number of nitrogens with zero attached hydrogens (tertiary/aromatic N) is 1. The van der Waals surface area contributed by atoms with Gasteiger partial charge in [-0.05, 0) is 49.3 Å². The van der Waals surface area contributed by atoms with Gasteiger partial charge in [0.25, 0.3) is 0 Å². The third kappa shape index (κ3) is 4.04. The van der Waals surface area contributed by atoms with Crippen molar-refractivity contribution < 1.29 is 9.59 Å². The van der Waals surface area contributed by atoms with Gasteiger partial charge in [-0.1, -0.05) is 25.0 Å². The first-order valence-corrected chi connectivity index (χ1v) is 9.64. The van der Waals surface area contributed by atoms with Crippen molar-refractivity contribution in [2.75, 3.05) is 11.4 Å². The van der Waals surface area contributed by atoms with Gasteiger partial charge in [-0.2, -0.15) is 0 Å². The van der Waals surface area contributed by atoms with Gasteiger partial charge >= 0.3 is 0 Å². The van der Waals surface area contributed by atoms with E-state index in [1.54, 1.807) is 0 Å². The van der Waals surface area contributed by atoms with Gasteiger partial charge in [0.1, 0.15) is 0 Å². The Morgan fingerprint density at radius 1 is 1.15 bits per heavy atom. The van der Waals surface area contributed by atoms with Crippen molar-refractivity contribution in [1.82, 2.24) is 10.6 Å². The van der Waals surface area contributed by atoms with E-state index < -0.39 is 0 Å². The van der Waals surface area contributed by atoms with Gasteiger partial charge < -0.3 is 15.5 Å². The van der Waals surface area contributed by atoms with Crippen molar-refractivity contribution in [2.24, 2.45) is 5.92 Å². The van der Waals surface area contributed by atoms with E-state index in [2.05, 4.69) is 10.6 Å². The Morgan fingerprint density at radius 2 is 1.92 bits per heavy atom. The zero-order valence-electron chi connectivity index (χ0n) is 15.1. The smallest absolute Gasteiger partial charge is 0.237 e. The second-order valence-corrected chi connectivity index (χ2v) is 7.64. The zero-order valence-corrected chi connectivity index (χ0v) is 15.9. The van der Waals surface area contributed by atoms with Crippen LogP contribution in [0.2, 0.25) is 0 Å². The fourth-order valence-electron chi connectivity index (χ4n) is 4.55. The number of carbonyl (C=O) groups excluding carboxylic acids is 2. The highest BCUT2D eigenvalue weighted by Gasteiger charge is 2.37. The first-order valence-electron chi connectivity index (χ1n) is 9.64. The molecule has 2 heterocycles. The summed E-state index contributed by atoms with van der Waals surface area (Å²) in [6.07, 6.45) is 7.63. The van der Waals surface area contributed by atoms with Crippen LogP contribution in [-0.2, 0) is 16.1 Å². The summed E-state index contributed by atoms with van der Waals surface area (Å²) in [4.78, 5) is 26.1. The van der Waals surface area contributed by atoms with Gasteiger partial charge in [-0.3, -0.25) is 9.59 Å². The minimum atomic E-state index is -0.0328. The van der Waals surface area contributed by atoms with Gasteiger partial charge in [0.05, 0.1) is 6.04 Å². The first-order chi connectivity index (χ1) is 12.2. The molecule has 3 unspecified atom stereocenters. The molecule has 0 aromatic heterocycles. The van der Waals surface area contributed by atoms with Crippen molar-refractivity contribution in [3.63, 3.8) is 0 Å². The molecule has 0 spiro atoms. The van der Waals surface area contributed by atoms with E-state index in [9.17, 15) is 9.59 Å². The number of hydrogen-bond acceptors (Lipinski definition) is 3. The van der Waals surface area contributed by atoms with Gasteiger partial charge in [0, 0.05) is 31.2 Å². The molecule has 2 N–H and O–H groups in total. The molecule has 3 aliphatic rings. The number of benzene rings is 1. The van der Waals surface area contributed by atoms with E-state index >= 15 is 0 Å². The van der Waals surface area contributed by atoms with Crippen LogP contribution in [-0.4, -0.2) is 30.4 Å². The molecule has 4 rings (SSSR count). The van der Waals surface area contributed by atoms with Crippen LogP contribution in [0.15, 0.2) is 24.3 Å². The van der Waals surface area contributed by atoms with E-state index in [0.29, 0.717) is 24.9 Å². The van der Waals surface area contributed by atoms with E-state index in [0.717, 1.165) is 30.6 Å². The number of hydrogen-bond donors (Lipinski definition) is 2. The average molecular weight is 378 g/mol. The van der Waals surface area contributed by atoms with E-state index in [1.807, 2.05) is 29.2 Å². The molecule has 3 atom stereocenters. The van der Waals surface area contributed by atoms with Gasteiger partial charge in [0.2, 0.25) is 11.8 Å². The molecule has 2 aliphatic heterocycles. The highest BCUT2D eigenvalue weighted by atomic mass is 35.5. The number of rotatable bonds is 4. The van der Waals surface area contributed by atoms with Crippen molar-refractivity contribution in [2.45, 2.75) is 63.6 Å². The largest absolute Gasteiger partial charge is 0.351 e. The van der Waals surface area contributed by atoms with Gasteiger partial charge in [-0.15, -0.1) is 12.4 Å². The lowest BCUT2D eigenvalue weighted by Crippen LogP contribution is -2.42. The average Bonchev–Trinajstić information content (AvgIpc) is 3.26. The molecule has 26 heavy (non-hydrogen) atoms. The Labute approximate surface area is 161 Å². The molecular formula is C20H28ClN3O2. The summed E-state index contributed by atoms with van der Waals surface area (Å²) >= 11 is 0. The number of fused-ring (bicyclic) bond motifs is 1. The molecular weight excluding hydrogens is 350 g/mol. The first kappa shape index (κ1) is 19.2. The van der Waals surface area contributed by atoms with Gasteiger partial charge in [0.15, 0.2) is 0 Å². The maximum atomic E-state index is 12.5. The predicted octanol–water partition coefficient (Wildman–Crippen LogP) is 2.77. The van der Waals surface area contributed by atoms with Crippen LogP contribution in [0, 0.1) is 5.92 Å². The van der Waals surface area contributed by atoms with E-state index in [-0.39, 0.29) is 30.3 Å². The molecule has 1 aromatic carbocycles. The summed E-state index contributed by atoms with van der Waals surface area (Å²) in [5.74, 6) is 1.00. The fraction of sp³-hybridized carbons (Fsp3) is 0.600. The molecule has 142 valence electrons. The molecule has 0 radical (unpaired) electrons. The highest BCUT2D eigenvalue weighted by Crippen LogP contribution is 2.33. The minimum absolute atomic E-state index is 0. The van der Waals surface area contributed by atoms with Crippen LogP contribution in [0.5, 0.6) is 0 Å². The Hall–Kier alpha value is -1.59. The second kappa shape index (κ2) is 8.40. The molecule has 3 fully saturated rings. The fourth-order valence-corrected chi connectivity index (χ4v) is 4.55. The normalized spacial score (nSPS) is 27.8. The number of amides is 2. The molecule has 5 nitrogen and oxygen atoms in total. The number of halogens is 1. The predicted molar refractivity (Wildman–Crippen MR) is 104 cm³/mol. The molecule has 2 saturated heterocycles. The molecule has 0 bridgehead atoms. The highest BCUT2D eigenvalue weighted by molar-refractivity contribution is 5.95. The van der Waals surface area contributed by atoms with Crippen molar-refractivity contribution in [1.29, 1.82) is 0 Å². The molecule has 6 heteroatoms.